The third kappa shape index (κ3) is 4.54. The molecule has 0 radical (unpaired) electrons. The van der Waals surface area contributed by atoms with Crippen molar-refractivity contribution in [2.75, 3.05) is 6.54 Å². The summed E-state index contributed by atoms with van der Waals surface area (Å²) in [5, 5.41) is 3.47. The van der Waals surface area contributed by atoms with Crippen LogP contribution in [0.25, 0.3) is 0 Å². The standard InChI is InChI=1S/C15H19BrFN/c1-11(3-2-8-18-14-5-6-14)9-12-10-13(16)4-7-15(12)17/h3-4,7,10,14,18H,2,5-6,8-9H2,1H3. The Kier molecular flexibility index (Phi) is 4.95. The maximum atomic E-state index is 13.6. The highest BCUT2D eigenvalue weighted by atomic mass is 79.9. The van der Waals surface area contributed by atoms with Gasteiger partial charge < -0.3 is 5.32 Å². The molecule has 1 aliphatic rings. The molecular weight excluding hydrogens is 293 g/mol. The highest BCUT2D eigenvalue weighted by Gasteiger charge is 2.19. The SMILES string of the molecule is CC(=CCCNC1CC1)Cc1cc(Br)ccc1F. The van der Waals surface area contributed by atoms with E-state index in [0.717, 1.165) is 29.0 Å². The number of halogens is 2. The van der Waals surface area contributed by atoms with Crippen LogP contribution in [0.1, 0.15) is 31.7 Å². The fourth-order valence-corrected chi connectivity index (χ4v) is 2.35. The molecule has 0 amide bonds. The molecule has 0 aromatic heterocycles. The van der Waals surface area contributed by atoms with E-state index in [1.807, 2.05) is 6.07 Å². The zero-order valence-electron chi connectivity index (χ0n) is 10.7. The minimum absolute atomic E-state index is 0.123. The molecule has 0 unspecified atom stereocenters. The normalized spacial score (nSPS) is 16.1. The zero-order valence-corrected chi connectivity index (χ0v) is 12.3. The Morgan fingerprint density at radius 2 is 2.28 bits per heavy atom. The van der Waals surface area contributed by atoms with E-state index in [1.165, 1.54) is 24.5 Å². The van der Waals surface area contributed by atoms with Gasteiger partial charge in [-0.2, -0.15) is 0 Å². The van der Waals surface area contributed by atoms with Gasteiger partial charge in [-0.1, -0.05) is 27.6 Å². The minimum atomic E-state index is -0.123. The Balaban J connectivity index is 1.82. The van der Waals surface area contributed by atoms with Crippen LogP contribution in [0, 0.1) is 5.82 Å². The largest absolute Gasteiger partial charge is 0.314 e. The summed E-state index contributed by atoms with van der Waals surface area (Å²) in [5.41, 5.74) is 1.98. The first-order valence-electron chi connectivity index (χ1n) is 6.48. The van der Waals surface area contributed by atoms with Gasteiger partial charge in [-0.05, 0) is 62.9 Å². The molecule has 1 N–H and O–H groups in total. The quantitative estimate of drug-likeness (QED) is 0.612. The molecule has 1 aliphatic carbocycles. The molecule has 18 heavy (non-hydrogen) atoms. The Morgan fingerprint density at radius 1 is 1.50 bits per heavy atom. The third-order valence-electron chi connectivity index (χ3n) is 3.12. The smallest absolute Gasteiger partial charge is 0.126 e. The van der Waals surface area contributed by atoms with E-state index in [0.29, 0.717) is 6.42 Å². The van der Waals surface area contributed by atoms with Gasteiger partial charge in [-0.3, -0.25) is 0 Å². The van der Waals surface area contributed by atoms with Crippen molar-refractivity contribution >= 4 is 15.9 Å². The maximum Gasteiger partial charge on any atom is 0.126 e. The summed E-state index contributed by atoms with van der Waals surface area (Å²) >= 11 is 3.38. The first kappa shape index (κ1) is 13.8. The van der Waals surface area contributed by atoms with Gasteiger partial charge in [-0.15, -0.1) is 0 Å². The molecular formula is C15H19BrFN. The second-order valence-corrected chi connectivity index (χ2v) is 5.90. The van der Waals surface area contributed by atoms with Crippen LogP contribution in [0.2, 0.25) is 0 Å². The second kappa shape index (κ2) is 6.48. The summed E-state index contributed by atoms with van der Waals surface area (Å²) in [6.07, 6.45) is 6.57. The molecule has 0 aliphatic heterocycles. The van der Waals surface area contributed by atoms with E-state index >= 15 is 0 Å². The molecule has 1 aromatic rings. The predicted molar refractivity (Wildman–Crippen MR) is 77.2 cm³/mol. The van der Waals surface area contributed by atoms with E-state index < -0.39 is 0 Å². The molecule has 0 heterocycles. The van der Waals surface area contributed by atoms with E-state index in [9.17, 15) is 4.39 Å². The number of hydrogen-bond acceptors (Lipinski definition) is 1. The van der Waals surface area contributed by atoms with Crippen molar-refractivity contribution < 1.29 is 4.39 Å². The Hall–Kier alpha value is -0.670. The molecule has 0 atom stereocenters. The number of nitrogens with one attached hydrogen (secondary N) is 1. The van der Waals surface area contributed by atoms with Gasteiger partial charge in [0.2, 0.25) is 0 Å². The summed E-state index contributed by atoms with van der Waals surface area (Å²) in [4.78, 5) is 0. The molecule has 1 saturated carbocycles. The topological polar surface area (TPSA) is 12.0 Å². The lowest BCUT2D eigenvalue weighted by Gasteiger charge is -2.05. The minimum Gasteiger partial charge on any atom is -0.314 e. The number of benzene rings is 1. The lowest BCUT2D eigenvalue weighted by atomic mass is 10.1. The van der Waals surface area contributed by atoms with Gasteiger partial charge in [0.25, 0.3) is 0 Å². The number of rotatable bonds is 6. The van der Waals surface area contributed by atoms with Crippen molar-refractivity contribution in [3.63, 3.8) is 0 Å². The summed E-state index contributed by atoms with van der Waals surface area (Å²) in [5.74, 6) is -0.123. The van der Waals surface area contributed by atoms with Gasteiger partial charge in [0.15, 0.2) is 0 Å². The van der Waals surface area contributed by atoms with E-state index in [-0.39, 0.29) is 5.82 Å². The lowest BCUT2D eigenvalue weighted by Crippen LogP contribution is -2.16. The zero-order chi connectivity index (χ0) is 13.0. The molecule has 0 bridgehead atoms. The van der Waals surface area contributed by atoms with Gasteiger partial charge in [0.05, 0.1) is 0 Å². The van der Waals surface area contributed by atoms with Crippen molar-refractivity contribution in [2.45, 2.75) is 38.6 Å². The first-order valence-corrected chi connectivity index (χ1v) is 7.27. The van der Waals surface area contributed by atoms with Crippen LogP contribution in [0.15, 0.2) is 34.3 Å². The highest BCUT2D eigenvalue weighted by Crippen LogP contribution is 2.19. The van der Waals surface area contributed by atoms with E-state index in [4.69, 9.17) is 0 Å². The van der Waals surface area contributed by atoms with Crippen LogP contribution in [-0.4, -0.2) is 12.6 Å². The molecule has 1 aromatic carbocycles. The van der Waals surface area contributed by atoms with Gasteiger partial charge in [0.1, 0.15) is 5.82 Å². The van der Waals surface area contributed by atoms with Crippen molar-refractivity contribution in [1.82, 2.24) is 5.32 Å². The molecule has 0 spiro atoms. The van der Waals surface area contributed by atoms with Crippen LogP contribution in [0.3, 0.4) is 0 Å². The number of hydrogen-bond donors (Lipinski definition) is 1. The average molecular weight is 312 g/mol. The molecule has 2 rings (SSSR count). The van der Waals surface area contributed by atoms with Crippen LogP contribution < -0.4 is 5.32 Å². The molecule has 3 heteroatoms. The Bertz CT molecular complexity index is 438. The van der Waals surface area contributed by atoms with E-state index in [2.05, 4.69) is 34.2 Å². The maximum absolute atomic E-state index is 13.6. The molecule has 98 valence electrons. The number of allylic oxidation sites excluding steroid dienone is 1. The average Bonchev–Trinajstić information content (AvgIpc) is 3.13. The third-order valence-corrected chi connectivity index (χ3v) is 3.62. The summed E-state index contributed by atoms with van der Waals surface area (Å²) in [6.45, 7) is 3.10. The van der Waals surface area contributed by atoms with Crippen LogP contribution >= 0.6 is 15.9 Å². The lowest BCUT2D eigenvalue weighted by molar-refractivity contribution is 0.612. The van der Waals surface area contributed by atoms with Crippen LogP contribution in [0.4, 0.5) is 4.39 Å². The highest BCUT2D eigenvalue weighted by molar-refractivity contribution is 9.10. The second-order valence-electron chi connectivity index (χ2n) is 4.98. The fraction of sp³-hybridized carbons (Fsp3) is 0.467. The van der Waals surface area contributed by atoms with Crippen molar-refractivity contribution in [3.05, 3.63) is 45.7 Å². The van der Waals surface area contributed by atoms with Crippen LogP contribution in [0.5, 0.6) is 0 Å². The Labute approximate surface area is 117 Å². The summed E-state index contributed by atoms with van der Waals surface area (Å²) in [7, 11) is 0. The molecule has 1 fully saturated rings. The summed E-state index contributed by atoms with van der Waals surface area (Å²) in [6, 6.07) is 5.87. The van der Waals surface area contributed by atoms with E-state index in [1.54, 1.807) is 6.07 Å². The molecule has 0 saturated heterocycles. The van der Waals surface area contributed by atoms with Crippen molar-refractivity contribution in [2.24, 2.45) is 0 Å². The molecule has 1 nitrogen and oxygen atoms in total. The Morgan fingerprint density at radius 3 is 3.00 bits per heavy atom. The van der Waals surface area contributed by atoms with Crippen molar-refractivity contribution in [1.29, 1.82) is 0 Å². The van der Waals surface area contributed by atoms with Crippen molar-refractivity contribution in [3.8, 4) is 0 Å². The van der Waals surface area contributed by atoms with Gasteiger partial charge in [-0.25, -0.2) is 4.39 Å². The van der Waals surface area contributed by atoms with Gasteiger partial charge >= 0.3 is 0 Å². The predicted octanol–water partition coefficient (Wildman–Crippen LogP) is 4.22. The first-order chi connectivity index (χ1) is 8.65. The monoisotopic (exact) mass is 311 g/mol. The summed E-state index contributed by atoms with van der Waals surface area (Å²) < 4.78 is 14.5. The van der Waals surface area contributed by atoms with Gasteiger partial charge in [0, 0.05) is 10.5 Å². The fourth-order valence-electron chi connectivity index (χ4n) is 1.94. The van der Waals surface area contributed by atoms with Crippen LogP contribution in [-0.2, 0) is 6.42 Å².